The van der Waals surface area contributed by atoms with Crippen molar-refractivity contribution in [2.45, 2.75) is 38.6 Å². The Labute approximate surface area is 116 Å². The molecule has 0 amide bonds. The Balaban J connectivity index is 1.75. The maximum absolute atomic E-state index is 6.12. The van der Waals surface area contributed by atoms with E-state index in [-0.39, 0.29) is 6.04 Å². The van der Waals surface area contributed by atoms with Gasteiger partial charge in [0.15, 0.2) is 0 Å². The van der Waals surface area contributed by atoms with Gasteiger partial charge < -0.3 is 15.2 Å². The molecule has 1 aliphatic rings. The molecule has 19 heavy (non-hydrogen) atoms. The van der Waals surface area contributed by atoms with Gasteiger partial charge in [0.1, 0.15) is 12.4 Å². The monoisotopic (exact) mass is 263 g/mol. The Bertz CT molecular complexity index is 358. The van der Waals surface area contributed by atoms with Crippen LogP contribution in [0, 0.1) is 5.92 Å². The third-order valence-corrected chi connectivity index (χ3v) is 3.76. The van der Waals surface area contributed by atoms with E-state index in [0.29, 0.717) is 12.5 Å². The maximum atomic E-state index is 6.12. The van der Waals surface area contributed by atoms with Crippen molar-refractivity contribution in [3.05, 3.63) is 29.8 Å². The van der Waals surface area contributed by atoms with Crippen molar-refractivity contribution < 1.29 is 9.47 Å². The highest BCUT2D eigenvalue weighted by atomic mass is 16.5. The number of hydrogen-bond acceptors (Lipinski definition) is 3. The van der Waals surface area contributed by atoms with Gasteiger partial charge in [-0.1, -0.05) is 25.5 Å². The van der Waals surface area contributed by atoms with Crippen LogP contribution in [-0.4, -0.2) is 25.9 Å². The Morgan fingerprint density at radius 2 is 2.16 bits per heavy atom. The van der Waals surface area contributed by atoms with E-state index in [0.717, 1.165) is 31.8 Å². The first-order valence-electron chi connectivity index (χ1n) is 7.34. The lowest BCUT2D eigenvalue weighted by Gasteiger charge is -2.18. The number of benzene rings is 1. The summed E-state index contributed by atoms with van der Waals surface area (Å²) >= 11 is 0. The first kappa shape index (κ1) is 14.4. The van der Waals surface area contributed by atoms with Gasteiger partial charge in [0.2, 0.25) is 0 Å². The maximum Gasteiger partial charge on any atom is 0.119 e. The molecule has 0 aliphatic carbocycles. The summed E-state index contributed by atoms with van der Waals surface area (Å²) in [7, 11) is 0. The van der Waals surface area contributed by atoms with E-state index >= 15 is 0 Å². The fourth-order valence-electron chi connectivity index (χ4n) is 2.35. The lowest BCUT2D eigenvalue weighted by Crippen LogP contribution is -2.36. The van der Waals surface area contributed by atoms with E-state index in [2.05, 4.69) is 19.1 Å². The summed E-state index contributed by atoms with van der Waals surface area (Å²) in [4.78, 5) is 0. The molecular formula is C16H25NO2. The summed E-state index contributed by atoms with van der Waals surface area (Å²) in [6.07, 6.45) is 4.68. The van der Waals surface area contributed by atoms with Crippen LogP contribution in [0.4, 0.5) is 0 Å². The minimum absolute atomic E-state index is 0.0715. The molecular weight excluding hydrogens is 238 g/mol. The van der Waals surface area contributed by atoms with Crippen molar-refractivity contribution in [1.82, 2.24) is 0 Å². The van der Waals surface area contributed by atoms with Crippen LogP contribution in [0.25, 0.3) is 0 Å². The van der Waals surface area contributed by atoms with Gasteiger partial charge in [0.25, 0.3) is 0 Å². The Morgan fingerprint density at radius 1 is 1.37 bits per heavy atom. The van der Waals surface area contributed by atoms with E-state index in [1.165, 1.54) is 18.4 Å². The van der Waals surface area contributed by atoms with Gasteiger partial charge in [0, 0.05) is 18.6 Å². The van der Waals surface area contributed by atoms with Crippen LogP contribution in [-0.2, 0) is 11.2 Å². The predicted molar refractivity (Wildman–Crippen MR) is 77.5 cm³/mol. The van der Waals surface area contributed by atoms with Crippen LogP contribution in [0.15, 0.2) is 24.3 Å². The zero-order valence-electron chi connectivity index (χ0n) is 11.8. The zero-order valence-corrected chi connectivity index (χ0v) is 11.8. The molecule has 1 saturated heterocycles. The van der Waals surface area contributed by atoms with E-state index < -0.39 is 0 Å². The third kappa shape index (κ3) is 4.51. The summed E-state index contributed by atoms with van der Waals surface area (Å²) in [6, 6.07) is 8.46. The van der Waals surface area contributed by atoms with Gasteiger partial charge >= 0.3 is 0 Å². The molecule has 0 saturated carbocycles. The number of unbranched alkanes of at least 4 members (excludes halogenated alkanes) is 1. The molecule has 2 atom stereocenters. The molecule has 1 aromatic carbocycles. The van der Waals surface area contributed by atoms with E-state index in [1.807, 2.05) is 12.1 Å². The molecule has 2 rings (SSSR count). The van der Waals surface area contributed by atoms with Crippen LogP contribution < -0.4 is 10.5 Å². The lowest BCUT2D eigenvalue weighted by atomic mass is 10.0. The number of rotatable bonds is 7. The molecule has 0 aromatic heterocycles. The summed E-state index contributed by atoms with van der Waals surface area (Å²) in [5, 5.41) is 0. The topological polar surface area (TPSA) is 44.5 Å². The van der Waals surface area contributed by atoms with E-state index in [1.54, 1.807) is 0 Å². The Kier molecular flexibility index (Phi) is 5.67. The van der Waals surface area contributed by atoms with Gasteiger partial charge in [-0.2, -0.15) is 0 Å². The number of aryl methyl sites for hydroxylation is 1. The second kappa shape index (κ2) is 7.51. The highest BCUT2D eigenvalue weighted by Gasteiger charge is 2.23. The number of nitrogens with two attached hydrogens (primary N) is 1. The Morgan fingerprint density at radius 3 is 2.79 bits per heavy atom. The first-order valence-corrected chi connectivity index (χ1v) is 7.34. The van der Waals surface area contributed by atoms with Crippen molar-refractivity contribution in [1.29, 1.82) is 0 Å². The minimum Gasteiger partial charge on any atom is -0.492 e. The summed E-state index contributed by atoms with van der Waals surface area (Å²) in [6.45, 7) is 4.40. The third-order valence-electron chi connectivity index (χ3n) is 3.76. The zero-order chi connectivity index (χ0) is 13.5. The highest BCUT2D eigenvalue weighted by Crippen LogP contribution is 2.18. The average molecular weight is 263 g/mol. The summed E-state index contributed by atoms with van der Waals surface area (Å²) < 4.78 is 11.1. The molecule has 106 valence electrons. The Hall–Kier alpha value is -1.06. The molecule has 1 fully saturated rings. The average Bonchev–Trinajstić information content (AvgIpc) is 2.98. The molecule has 1 aliphatic heterocycles. The van der Waals surface area contributed by atoms with Crippen LogP contribution in [0.1, 0.15) is 31.7 Å². The van der Waals surface area contributed by atoms with Crippen molar-refractivity contribution >= 4 is 0 Å². The lowest BCUT2D eigenvalue weighted by molar-refractivity contribution is 0.170. The van der Waals surface area contributed by atoms with E-state index in [9.17, 15) is 0 Å². The predicted octanol–water partition coefficient (Wildman–Crippen LogP) is 2.77. The largest absolute Gasteiger partial charge is 0.492 e. The molecule has 0 bridgehead atoms. The molecule has 0 spiro atoms. The molecule has 0 radical (unpaired) electrons. The molecule has 2 unspecified atom stereocenters. The van der Waals surface area contributed by atoms with Crippen molar-refractivity contribution in [2.75, 3.05) is 19.8 Å². The van der Waals surface area contributed by atoms with Gasteiger partial charge in [-0.25, -0.2) is 0 Å². The summed E-state index contributed by atoms with van der Waals surface area (Å²) in [5.41, 5.74) is 7.49. The van der Waals surface area contributed by atoms with Gasteiger partial charge in [-0.15, -0.1) is 0 Å². The second-order valence-electron chi connectivity index (χ2n) is 5.35. The second-order valence-corrected chi connectivity index (χ2v) is 5.35. The number of hydrogen-bond donors (Lipinski definition) is 1. The molecule has 3 heteroatoms. The number of ether oxygens (including phenoxy) is 2. The fraction of sp³-hybridized carbons (Fsp3) is 0.625. The minimum atomic E-state index is 0.0715. The van der Waals surface area contributed by atoms with E-state index in [4.69, 9.17) is 15.2 Å². The van der Waals surface area contributed by atoms with Gasteiger partial charge in [-0.3, -0.25) is 0 Å². The quantitative estimate of drug-likeness (QED) is 0.822. The van der Waals surface area contributed by atoms with Gasteiger partial charge in [0.05, 0.1) is 6.61 Å². The van der Waals surface area contributed by atoms with Crippen LogP contribution >= 0.6 is 0 Å². The molecule has 1 aromatic rings. The molecule has 3 nitrogen and oxygen atoms in total. The van der Waals surface area contributed by atoms with Crippen molar-refractivity contribution in [2.24, 2.45) is 11.7 Å². The van der Waals surface area contributed by atoms with Crippen molar-refractivity contribution in [3.8, 4) is 5.75 Å². The normalized spacial score (nSPS) is 20.4. The van der Waals surface area contributed by atoms with Crippen LogP contribution in [0.5, 0.6) is 5.75 Å². The van der Waals surface area contributed by atoms with Crippen LogP contribution in [0.2, 0.25) is 0 Å². The molecule has 2 N–H and O–H groups in total. The van der Waals surface area contributed by atoms with Crippen molar-refractivity contribution in [3.63, 3.8) is 0 Å². The van der Waals surface area contributed by atoms with Gasteiger partial charge in [-0.05, 0) is 37.0 Å². The standard InChI is InChI=1S/C16H25NO2/c1-2-3-4-13-5-7-15(8-6-13)19-12-16(17)14-9-10-18-11-14/h5-8,14,16H,2-4,9-12,17H2,1H3. The summed E-state index contributed by atoms with van der Waals surface area (Å²) in [5.74, 6) is 1.36. The molecule has 1 heterocycles. The fourth-order valence-corrected chi connectivity index (χ4v) is 2.35. The SMILES string of the molecule is CCCCc1ccc(OCC(N)C2CCOC2)cc1. The highest BCUT2D eigenvalue weighted by molar-refractivity contribution is 5.27. The smallest absolute Gasteiger partial charge is 0.119 e. The first-order chi connectivity index (χ1) is 9.29. The van der Waals surface area contributed by atoms with Crippen LogP contribution in [0.3, 0.4) is 0 Å².